The molecule has 0 bridgehead atoms. The van der Waals surface area contributed by atoms with Gasteiger partial charge in [0.05, 0.1) is 12.7 Å². The molecule has 1 N–H and O–H groups in total. The van der Waals surface area contributed by atoms with Crippen LogP contribution in [0.4, 0.5) is 10.2 Å². The molecule has 0 aliphatic rings. The van der Waals surface area contributed by atoms with Crippen LogP contribution in [0.3, 0.4) is 0 Å². The topological polar surface area (TPSA) is 29.9 Å². The van der Waals surface area contributed by atoms with E-state index in [4.69, 9.17) is 0 Å². The molecule has 0 saturated heterocycles. The standard InChI is InChI=1S/C11H20FN3/c1-3-4-5-7-13-11-10(2)9-14-15(11)8-6-12/h9,13H,3-8H2,1-2H3. The first kappa shape index (κ1) is 12.0. The Morgan fingerprint density at radius 3 is 2.93 bits per heavy atom. The zero-order valence-electron chi connectivity index (χ0n) is 9.59. The van der Waals surface area contributed by atoms with Gasteiger partial charge in [0.15, 0.2) is 0 Å². The van der Waals surface area contributed by atoms with Gasteiger partial charge < -0.3 is 5.32 Å². The van der Waals surface area contributed by atoms with E-state index in [9.17, 15) is 4.39 Å². The van der Waals surface area contributed by atoms with E-state index in [0.29, 0.717) is 6.54 Å². The second-order valence-corrected chi connectivity index (χ2v) is 3.72. The fourth-order valence-corrected chi connectivity index (χ4v) is 1.54. The van der Waals surface area contributed by atoms with Gasteiger partial charge in [-0.15, -0.1) is 0 Å². The van der Waals surface area contributed by atoms with Crippen molar-refractivity contribution < 1.29 is 4.39 Å². The zero-order chi connectivity index (χ0) is 11.1. The van der Waals surface area contributed by atoms with Crippen molar-refractivity contribution in [2.24, 2.45) is 0 Å². The molecule has 1 aromatic rings. The number of nitrogens with one attached hydrogen (secondary N) is 1. The summed E-state index contributed by atoms with van der Waals surface area (Å²) in [6, 6.07) is 0. The lowest BCUT2D eigenvalue weighted by atomic mass is 10.2. The maximum Gasteiger partial charge on any atom is 0.127 e. The molecular formula is C11H20FN3. The highest BCUT2D eigenvalue weighted by molar-refractivity contribution is 5.42. The maximum atomic E-state index is 12.2. The minimum atomic E-state index is -0.370. The van der Waals surface area contributed by atoms with E-state index in [1.807, 2.05) is 6.92 Å². The number of hydrogen-bond acceptors (Lipinski definition) is 2. The summed E-state index contributed by atoms with van der Waals surface area (Å²) in [7, 11) is 0. The summed E-state index contributed by atoms with van der Waals surface area (Å²) < 4.78 is 13.9. The van der Waals surface area contributed by atoms with Crippen LogP contribution in [0, 0.1) is 6.92 Å². The van der Waals surface area contributed by atoms with Crippen molar-refractivity contribution in [2.75, 3.05) is 18.5 Å². The van der Waals surface area contributed by atoms with Gasteiger partial charge in [0.25, 0.3) is 0 Å². The van der Waals surface area contributed by atoms with Crippen LogP contribution in [-0.2, 0) is 6.54 Å². The quantitative estimate of drug-likeness (QED) is 0.706. The lowest BCUT2D eigenvalue weighted by Crippen LogP contribution is -2.10. The van der Waals surface area contributed by atoms with Gasteiger partial charge in [0.2, 0.25) is 0 Å². The van der Waals surface area contributed by atoms with Gasteiger partial charge in [0.1, 0.15) is 12.5 Å². The lowest BCUT2D eigenvalue weighted by Gasteiger charge is -2.09. The molecule has 0 aliphatic carbocycles. The average Bonchev–Trinajstić information content (AvgIpc) is 2.56. The Bertz CT molecular complexity index is 283. The fourth-order valence-electron chi connectivity index (χ4n) is 1.54. The van der Waals surface area contributed by atoms with E-state index in [2.05, 4.69) is 17.3 Å². The maximum absolute atomic E-state index is 12.2. The Morgan fingerprint density at radius 2 is 2.27 bits per heavy atom. The SMILES string of the molecule is CCCCCNc1c(C)cnn1CCF. The normalized spacial score (nSPS) is 10.6. The number of halogens is 1. The zero-order valence-corrected chi connectivity index (χ0v) is 9.59. The molecule has 0 atom stereocenters. The number of anilines is 1. The number of hydrogen-bond donors (Lipinski definition) is 1. The second-order valence-electron chi connectivity index (χ2n) is 3.72. The number of alkyl halides is 1. The van der Waals surface area contributed by atoms with E-state index in [-0.39, 0.29) is 6.67 Å². The molecule has 0 spiro atoms. The molecule has 0 unspecified atom stereocenters. The van der Waals surface area contributed by atoms with E-state index in [0.717, 1.165) is 24.3 Å². The monoisotopic (exact) mass is 213 g/mol. The van der Waals surface area contributed by atoms with Crippen LogP contribution in [-0.4, -0.2) is 23.0 Å². The van der Waals surface area contributed by atoms with Gasteiger partial charge in [-0.2, -0.15) is 5.10 Å². The van der Waals surface area contributed by atoms with Crippen molar-refractivity contribution in [3.8, 4) is 0 Å². The molecule has 1 rings (SSSR count). The van der Waals surface area contributed by atoms with Crippen molar-refractivity contribution in [2.45, 2.75) is 39.7 Å². The largest absolute Gasteiger partial charge is 0.370 e. The summed E-state index contributed by atoms with van der Waals surface area (Å²) in [4.78, 5) is 0. The molecule has 0 saturated carbocycles. The molecule has 1 heterocycles. The molecular weight excluding hydrogens is 193 g/mol. The Morgan fingerprint density at radius 1 is 1.47 bits per heavy atom. The number of aryl methyl sites for hydroxylation is 2. The van der Waals surface area contributed by atoms with E-state index in [1.165, 1.54) is 12.8 Å². The second kappa shape index (κ2) is 6.43. The summed E-state index contributed by atoms with van der Waals surface area (Å²) in [5.74, 6) is 0.962. The molecule has 86 valence electrons. The Kier molecular flexibility index (Phi) is 5.15. The first-order valence-electron chi connectivity index (χ1n) is 5.61. The number of aromatic nitrogens is 2. The molecule has 4 heteroatoms. The average molecular weight is 213 g/mol. The van der Waals surface area contributed by atoms with Crippen LogP contribution >= 0.6 is 0 Å². The molecule has 0 aliphatic heterocycles. The number of rotatable bonds is 7. The molecule has 0 aromatic carbocycles. The van der Waals surface area contributed by atoms with Crippen LogP contribution in [0.1, 0.15) is 31.7 Å². The first-order valence-corrected chi connectivity index (χ1v) is 5.61. The van der Waals surface area contributed by atoms with Crippen molar-refractivity contribution in [1.82, 2.24) is 9.78 Å². The summed E-state index contributed by atoms with van der Waals surface area (Å²) in [5, 5.41) is 7.43. The lowest BCUT2D eigenvalue weighted by molar-refractivity contribution is 0.429. The highest BCUT2D eigenvalue weighted by Crippen LogP contribution is 2.13. The van der Waals surface area contributed by atoms with Gasteiger partial charge in [-0.1, -0.05) is 19.8 Å². The molecule has 0 fully saturated rings. The van der Waals surface area contributed by atoms with Gasteiger partial charge in [-0.3, -0.25) is 0 Å². The third-order valence-electron chi connectivity index (χ3n) is 2.39. The Balaban J connectivity index is 2.46. The van der Waals surface area contributed by atoms with Crippen LogP contribution in [0.2, 0.25) is 0 Å². The number of unbranched alkanes of at least 4 members (excludes halogenated alkanes) is 2. The van der Waals surface area contributed by atoms with E-state index in [1.54, 1.807) is 10.9 Å². The van der Waals surface area contributed by atoms with Crippen molar-refractivity contribution in [3.05, 3.63) is 11.8 Å². The number of nitrogens with zero attached hydrogens (tertiary/aromatic N) is 2. The summed E-state index contributed by atoms with van der Waals surface area (Å²) >= 11 is 0. The fraction of sp³-hybridized carbons (Fsp3) is 0.727. The van der Waals surface area contributed by atoms with E-state index < -0.39 is 0 Å². The van der Waals surface area contributed by atoms with Gasteiger partial charge in [0, 0.05) is 12.1 Å². The van der Waals surface area contributed by atoms with Crippen LogP contribution in [0.25, 0.3) is 0 Å². The molecule has 3 nitrogen and oxygen atoms in total. The third-order valence-corrected chi connectivity index (χ3v) is 2.39. The molecule has 1 aromatic heterocycles. The molecule has 0 amide bonds. The van der Waals surface area contributed by atoms with Crippen LogP contribution in [0.5, 0.6) is 0 Å². The minimum absolute atomic E-state index is 0.337. The van der Waals surface area contributed by atoms with E-state index >= 15 is 0 Å². The molecule has 0 radical (unpaired) electrons. The van der Waals surface area contributed by atoms with Crippen molar-refractivity contribution in [3.63, 3.8) is 0 Å². The smallest absolute Gasteiger partial charge is 0.127 e. The Hall–Kier alpha value is -1.06. The Labute approximate surface area is 90.7 Å². The predicted octanol–water partition coefficient (Wildman–Crippen LogP) is 2.76. The summed E-state index contributed by atoms with van der Waals surface area (Å²) in [6.45, 7) is 5.07. The van der Waals surface area contributed by atoms with Crippen molar-refractivity contribution >= 4 is 5.82 Å². The summed E-state index contributed by atoms with van der Waals surface area (Å²) in [5.41, 5.74) is 1.08. The minimum Gasteiger partial charge on any atom is -0.370 e. The highest BCUT2D eigenvalue weighted by Gasteiger charge is 2.05. The third kappa shape index (κ3) is 3.53. The van der Waals surface area contributed by atoms with Crippen LogP contribution < -0.4 is 5.32 Å². The predicted molar refractivity (Wildman–Crippen MR) is 61.0 cm³/mol. The highest BCUT2D eigenvalue weighted by atomic mass is 19.1. The van der Waals surface area contributed by atoms with Crippen molar-refractivity contribution in [1.29, 1.82) is 0 Å². The van der Waals surface area contributed by atoms with Gasteiger partial charge in [-0.25, -0.2) is 9.07 Å². The van der Waals surface area contributed by atoms with Crippen LogP contribution in [0.15, 0.2) is 6.20 Å². The van der Waals surface area contributed by atoms with Gasteiger partial charge >= 0.3 is 0 Å². The molecule has 15 heavy (non-hydrogen) atoms. The first-order chi connectivity index (χ1) is 7.29. The van der Waals surface area contributed by atoms with Gasteiger partial charge in [-0.05, 0) is 13.3 Å². The summed E-state index contributed by atoms with van der Waals surface area (Å²) in [6.07, 6.45) is 5.36.